The molecular formula is C20H19NO8. The molecule has 2 aromatic carbocycles. The van der Waals surface area contributed by atoms with Gasteiger partial charge in [0.2, 0.25) is 0 Å². The second kappa shape index (κ2) is 9.45. The lowest BCUT2D eigenvalue weighted by molar-refractivity contribution is -0.384. The fourth-order valence-electron chi connectivity index (χ4n) is 2.50. The van der Waals surface area contributed by atoms with Crippen molar-refractivity contribution in [3.8, 4) is 5.75 Å². The molecule has 0 heterocycles. The Balaban J connectivity index is 2.30. The minimum absolute atomic E-state index is 0.151. The van der Waals surface area contributed by atoms with Gasteiger partial charge in [0, 0.05) is 23.3 Å². The number of non-ortho nitro benzene ring substituents is 1. The monoisotopic (exact) mass is 401 g/mol. The molecular weight excluding hydrogens is 382 g/mol. The lowest BCUT2D eigenvalue weighted by atomic mass is 10.1. The van der Waals surface area contributed by atoms with Crippen molar-refractivity contribution in [3.63, 3.8) is 0 Å². The van der Waals surface area contributed by atoms with E-state index in [1.807, 2.05) is 0 Å². The molecule has 0 aliphatic carbocycles. The van der Waals surface area contributed by atoms with Crippen LogP contribution >= 0.6 is 0 Å². The lowest BCUT2D eigenvalue weighted by Crippen LogP contribution is -2.10. The van der Waals surface area contributed by atoms with Gasteiger partial charge in [0.15, 0.2) is 5.78 Å². The highest BCUT2D eigenvalue weighted by Crippen LogP contribution is 2.23. The van der Waals surface area contributed by atoms with E-state index in [9.17, 15) is 24.5 Å². The molecule has 2 aromatic rings. The first-order valence-electron chi connectivity index (χ1n) is 8.58. The van der Waals surface area contributed by atoms with Crippen molar-refractivity contribution in [1.29, 1.82) is 0 Å². The molecule has 0 aliphatic heterocycles. The van der Waals surface area contributed by atoms with Crippen LogP contribution in [0, 0.1) is 10.1 Å². The van der Waals surface area contributed by atoms with Crippen molar-refractivity contribution in [1.82, 2.24) is 0 Å². The first kappa shape index (κ1) is 21.5. The second-order valence-electron chi connectivity index (χ2n) is 5.91. The van der Waals surface area contributed by atoms with E-state index in [1.54, 1.807) is 25.1 Å². The number of ketones is 1. The van der Waals surface area contributed by atoms with Crippen LogP contribution in [0.5, 0.6) is 5.75 Å². The Labute approximate surface area is 166 Å². The predicted molar refractivity (Wildman–Crippen MR) is 101 cm³/mol. The molecule has 29 heavy (non-hydrogen) atoms. The van der Waals surface area contributed by atoms with Crippen molar-refractivity contribution in [2.24, 2.45) is 0 Å². The highest BCUT2D eigenvalue weighted by atomic mass is 16.6. The number of nitro groups is 1. The molecule has 9 heteroatoms. The fraction of sp³-hybridized carbons (Fsp3) is 0.250. The number of esters is 2. The van der Waals surface area contributed by atoms with Gasteiger partial charge in [-0.3, -0.25) is 14.9 Å². The molecule has 0 fully saturated rings. The molecule has 0 N–H and O–H groups in total. The normalized spacial score (nSPS) is 10.2. The first-order chi connectivity index (χ1) is 13.8. The maximum Gasteiger partial charge on any atom is 0.338 e. The van der Waals surface area contributed by atoms with E-state index in [-0.39, 0.29) is 23.5 Å². The summed E-state index contributed by atoms with van der Waals surface area (Å²) in [6.45, 7) is 3.33. The number of rotatable bonds is 8. The number of benzene rings is 2. The Bertz CT molecular complexity index is 967. The van der Waals surface area contributed by atoms with Gasteiger partial charge in [-0.1, -0.05) is 0 Å². The third kappa shape index (κ3) is 5.38. The second-order valence-corrected chi connectivity index (χ2v) is 5.91. The number of hydrogen-bond donors (Lipinski definition) is 0. The molecule has 0 spiro atoms. The van der Waals surface area contributed by atoms with E-state index in [1.165, 1.54) is 6.92 Å². The maximum atomic E-state index is 12.4. The molecule has 0 unspecified atom stereocenters. The molecule has 0 amide bonds. The van der Waals surface area contributed by atoms with Crippen molar-refractivity contribution in [2.75, 3.05) is 13.7 Å². The summed E-state index contributed by atoms with van der Waals surface area (Å²) in [6, 6.07) is 7.91. The Morgan fingerprint density at radius 2 is 1.66 bits per heavy atom. The number of ether oxygens (including phenoxy) is 3. The van der Waals surface area contributed by atoms with Crippen LogP contribution in [-0.2, 0) is 16.1 Å². The zero-order valence-electron chi connectivity index (χ0n) is 16.1. The van der Waals surface area contributed by atoms with Crippen LogP contribution in [0.3, 0.4) is 0 Å². The van der Waals surface area contributed by atoms with E-state index >= 15 is 0 Å². The molecule has 0 saturated carbocycles. The number of carbonyl (C=O) groups is 3. The molecule has 0 aliphatic rings. The van der Waals surface area contributed by atoms with Gasteiger partial charge in [0.05, 0.1) is 29.8 Å². The molecule has 2 rings (SSSR count). The standard InChI is InChI=1S/C20H19NO8/c1-4-28-18-6-5-13(12(2)22)7-16(18)11-29-20(24)15-8-14(19(23)27-3)9-17(10-15)21(25)26/h5-10H,4,11H2,1-3H3. The average molecular weight is 401 g/mol. The summed E-state index contributed by atoms with van der Waals surface area (Å²) < 4.78 is 15.3. The van der Waals surface area contributed by atoms with Crippen LogP contribution in [0.1, 0.15) is 50.5 Å². The number of Topliss-reactive ketones (excluding diaryl/α,β-unsaturated/α-hetero) is 1. The number of carbonyl (C=O) groups excluding carboxylic acids is 3. The van der Waals surface area contributed by atoms with Crippen LogP contribution in [0.25, 0.3) is 0 Å². The quantitative estimate of drug-likeness (QED) is 0.286. The summed E-state index contributed by atoms with van der Waals surface area (Å²) in [6.07, 6.45) is 0. The van der Waals surface area contributed by atoms with Crippen LogP contribution in [-0.4, -0.2) is 36.4 Å². The summed E-state index contributed by atoms with van der Waals surface area (Å²) >= 11 is 0. The van der Waals surface area contributed by atoms with Gasteiger partial charge in [0.25, 0.3) is 5.69 Å². The topological polar surface area (TPSA) is 122 Å². The zero-order valence-corrected chi connectivity index (χ0v) is 16.1. The van der Waals surface area contributed by atoms with Gasteiger partial charge in [-0.05, 0) is 38.1 Å². The van der Waals surface area contributed by atoms with Gasteiger partial charge < -0.3 is 14.2 Å². The molecule has 0 bridgehead atoms. The smallest absolute Gasteiger partial charge is 0.338 e. The van der Waals surface area contributed by atoms with Crippen LogP contribution < -0.4 is 4.74 Å². The lowest BCUT2D eigenvalue weighted by Gasteiger charge is -2.12. The molecule has 0 aromatic heterocycles. The van der Waals surface area contributed by atoms with Crippen molar-refractivity contribution in [2.45, 2.75) is 20.5 Å². The summed E-state index contributed by atoms with van der Waals surface area (Å²) in [7, 11) is 1.12. The van der Waals surface area contributed by atoms with Crippen LogP contribution in [0.4, 0.5) is 5.69 Å². The van der Waals surface area contributed by atoms with E-state index < -0.39 is 22.5 Å². The average Bonchev–Trinajstić information content (AvgIpc) is 2.71. The van der Waals surface area contributed by atoms with Gasteiger partial charge in [-0.2, -0.15) is 0 Å². The van der Waals surface area contributed by atoms with E-state index in [0.717, 1.165) is 25.3 Å². The van der Waals surface area contributed by atoms with Gasteiger partial charge in [0.1, 0.15) is 12.4 Å². The highest BCUT2D eigenvalue weighted by molar-refractivity contribution is 5.96. The Hall–Kier alpha value is -3.75. The van der Waals surface area contributed by atoms with E-state index in [0.29, 0.717) is 23.5 Å². The number of nitrogens with zero attached hydrogens (tertiary/aromatic N) is 1. The van der Waals surface area contributed by atoms with Gasteiger partial charge in [-0.25, -0.2) is 9.59 Å². The molecule has 0 saturated heterocycles. The Morgan fingerprint density at radius 3 is 2.21 bits per heavy atom. The van der Waals surface area contributed by atoms with Gasteiger partial charge >= 0.3 is 11.9 Å². The third-order valence-electron chi connectivity index (χ3n) is 3.91. The van der Waals surface area contributed by atoms with Crippen LogP contribution in [0.2, 0.25) is 0 Å². The maximum absolute atomic E-state index is 12.4. The Kier molecular flexibility index (Phi) is 7.02. The number of methoxy groups -OCH3 is 1. The van der Waals surface area contributed by atoms with E-state index in [4.69, 9.17) is 9.47 Å². The highest BCUT2D eigenvalue weighted by Gasteiger charge is 2.20. The predicted octanol–water partition coefficient (Wildman–Crippen LogP) is 3.34. The van der Waals surface area contributed by atoms with Crippen LogP contribution in [0.15, 0.2) is 36.4 Å². The SMILES string of the molecule is CCOc1ccc(C(C)=O)cc1COC(=O)c1cc(C(=O)OC)cc([N+](=O)[O-])c1. The van der Waals surface area contributed by atoms with Crippen molar-refractivity contribution in [3.05, 3.63) is 68.8 Å². The van der Waals surface area contributed by atoms with Crippen molar-refractivity contribution < 1.29 is 33.5 Å². The summed E-state index contributed by atoms with van der Waals surface area (Å²) in [5.74, 6) is -1.42. The summed E-state index contributed by atoms with van der Waals surface area (Å²) in [5, 5.41) is 11.1. The third-order valence-corrected chi connectivity index (χ3v) is 3.91. The first-order valence-corrected chi connectivity index (χ1v) is 8.58. The fourth-order valence-corrected chi connectivity index (χ4v) is 2.50. The van der Waals surface area contributed by atoms with Gasteiger partial charge in [-0.15, -0.1) is 0 Å². The molecule has 152 valence electrons. The zero-order chi connectivity index (χ0) is 21.6. The van der Waals surface area contributed by atoms with E-state index in [2.05, 4.69) is 4.74 Å². The minimum atomic E-state index is -0.880. The summed E-state index contributed by atoms with van der Waals surface area (Å²) in [4.78, 5) is 46.1. The Morgan fingerprint density at radius 1 is 1.00 bits per heavy atom. The van der Waals surface area contributed by atoms with Crippen molar-refractivity contribution >= 4 is 23.4 Å². The molecule has 0 atom stereocenters. The number of nitro benzene ring substituents is 1. The summed E-state index contributed by atoms with van der Waals surface area (Å²) in [5.41, 5.74) is 0.102. The largest absolute Gasteiger partial charge is 0.493 e. The minimum Gasteiger partial charge on any atom is -0.493 e. The molecule has 9 nitrogen and oxygen atoms in total. The molecule has 0 radical (unpaired) electrons. The number of hydrogen-bond acceptors (Lipinski definition) is 8.